The minimum atomic E-state index is -0.993. The van der Waals surface area contributed by atoms with Crippen LogP contribution in [0.15, 0.2) is 48.5 Å². The van der Waals surface area contributed by atoms with E-state index in [1.807, 2.05) is 62.4 Å². The van der Waals surface area contributed by atoms with Gasteiger partial charge < -0.3 is 10.0 Å². The van der Waals surface area contributed by atoms with E-state index in [0.717, 1.165) is 28.1 Å². The smallest absolute Gasteiger partial charge is 0.326 e. The summed E-state index contributed by atoms with van der Waals surface area (Å²) in [7, 11) is 0. The maximum absolute atomic E-state index is 13.0. The number of carbonyl (C=O) groups excluding carboxylic acids is 1. The van der Waals surface area contributed by atoms with Gasteiger partial charge in [0.25, 0.3) is 0 Å². The molecule has 0 fully saturated rings. The van der Waals surface area contributed by atoms with Gasteiger partial charge in [0.15, 0.2) is 0 Å². The Balaban J connectivity index is 1.57. The van der Waals surface area contributed by atoms with Crippen molar-refractivity contribution >= 4 is 11.9 Å². The zero-order valence-corrected chi connectivity index (χ0v) is 16.4. The molecule has 0 unspecified atom stereocenters. The van der Waals surface area contributed by atoms with Crippen LogP contribution in [0.3, 0.4) is 0 Å². The summed E-state index contributed by atoms with van der Waals surface area (Å²) < 4.78 is 1.70. The Kier molecular flexibility index (Phi) is 4.88. The fourth-order valence-corrected chi connectivity index (χ4v) is 3.71. The van der Waals surface area contributed by atoms with Crippen LogP contribution in [0.5, 0.6) is 0 Å². The predicted molar refractivity (Wildman–Crippen MR) is 107 cm³/mol. The lowest BCUT2D eigenvalue weighted by molar-refractivity contribution is -0.151. The normalized spacial score (nSPS) is 15.8. The molecule has 0 saturated heterocycles. The molecule has 2 aromatic carbocycles. The van der Waals surface area contributed by atoms with Crippen molar-refractivity contribution in [1.82, 2.24) is 19.9 Å². The topological polar surface area (TPSA) is 88.3 Å². The number of benzene rings is 2. The van der Waals surface area contributed by atoms with E-state index in [1.54, 1.807) is 4.68 Å². The summed E-state index contributed by atoms with van der Waals surface area (Å²) in [6.07, 6.45) is 0.329. The summed E-state index contributed by atoms with van der Waals surface area (Å²) in [5.41, 5.74) is 5.30. The van der Waals surface area contributed by atoms with Gasteiger partial charge in [-0.3, -0.25) is 4.79 Å². The summed E-state index contributed by atoms with van der Waals surface area (Å²) in [6, 6.07) is 14.7. The van der Waals surface area contributed by atoms with Crippen molar-refractivity contribution in [3.05, 3.63) is 76.6 Å². The fourth-order valence-electron chi connectivity index (χ4n) is 3.71. The lowest BCUT2D eigenvalue weighted by Crippen LogP contribution is -2.49. The largest absolute Gasteiger partial charge is 0.480 e. The summed E-state index contributed by atoms with van der Waals surface area (Å²) in [4.78, 5) is 26.2. The van der Waals surface area contributed by atoms with Gasteiger partial charge in [-0.1, -0.05) is 47.2 Å². The van der Waals surface area contributed by atoms with E-state index in [-0.39, 0.29) is 18.9 Å². The van der Waals surface area contributed by atoms with Gasteiger partial charge in [-0.15, -0.1) is 5.10 Å². The lowest BCUT2D eigenvalue weighted by Gasteiger charge is -2.34. The molecule has 1 atom stereocenters. The highest BCUT2D eigenvalue weighted by molar-refractivity contribution is 5.85. The molecule has 0 bridgehead atoms. The Hall–Kier alpha value is -3.48. The number of fused-ring (bicyclic) bond motifs is 1. The van der Waals surface area contributed by atoms with Gasteiger partial charge in [-0.2, -0.15) is 0 Å². The van der Waals surface area contributed by atoms with Crippen LogP contribution >= 0.6 is 0 Å². The van der Waals surface area contributed by atoms with Crippen LogP contribution in [0.1, 0.15) is 28.1 Å². The van der Waals surface area contributed by atoms with E-state index in [2.05, 4.69) is 10.3 Å². The molecule has 7 heteroatoms. The van der Waals surface area contributed by atoms with Crippen LogP contribution in [0.4, 0.5) is 0 Å². The Morgan fingerprint density at radius 3 is 2.45 bits per heavy atom. The average Bonchev–Trinajstić information content (AvgIpc) is 3.07. The summed E-state index contributed by atoms with van der Waals surface area (Å²) in [5, 5.41) is 18.0. The van der Waals surface area contributed by atoms with E-state index in [1.165, 1.54) is 4.90 Å². The van der Waals surface area contributed by atoms with E-state index < -0.39 is 12.0 Å². The molecule has 4 rings (SSSR count). The van der Waals surface area contributed by atoms with Crippen molar-refractivity contribution in [3.63, 3.8) is 0 Å². The molecule has 1 aromatic heterocycles. The molecular formula is C22H22N4O3. The first-order valence-electron chi connectivity index (χ1n) is 9.51. The number of hydrogen-bond acceptors (Lipinski definition) is 4. The van der Waals surface area contributed by atoms with Crippen LogP contribution in [0.2, 0.25) is 0 Å². The quantitative estimate of drug-likeness (QED) is 0.739. The number of hydrogen-bond donors (Lipinski definition) is 1. The molecule has 1 N–H and O–H groups in total. The van der Waals surface area contributed by atoms with Crippen LogP contribution in [0.25, 0.3) is 5.69 Å². The van der Waals surface area contributed by atoms with E-state index >= 15 is 0 Å². The Labute approximate surface area is 168 Å². The lowest BCUT2D eigenvalue weighted by atomic mass is 9.93. The van der Waals surface area contributed by atoms with Gasteiger partial charge >= 0.3 is 5.97 Å². The fraction of sp³-hybridized carbons (Fsp3) is 0.273. The minimum Gasteiger partial charge on any atom is -0.480 e. The standard InChI is InChI=1S/C22H22N4O3/c1-14-7-9-18(10-8-14)26-15(2)19(23-24-26)12-21(27)25-13-17-6-4-3-5-16(17)11-20(25)22(28)29/h3-10,20H,11-13H2,1-2H3,(H,28,29)/t20-/m1/s1. The van der Waals surface area contributed by atoms with Gasteiger partial charge in [-0.05, 0) is 37.1 Å². The third-order valence-corrected chi connectivity index (χ3v) is 5.44. The first kappa shape index (κ1) is 18.9. The van der Waals surface area contributed by atoms with Crippen LogP contribution in [-0.4, -0.2) is 42.9 Å². The van der Waals surface area contributed by atoms with Crippen LogP contribution in [-0.2, 0) is 29.0 Å². The van der Waals surface area contributed by atoms with E-state index in [9.17, 15) is 14.7 Å². The van der Waals surface area contributed by atoms with Gasteiger partial charge in [0.1, 0.15) is 6.04 Å². The maximum atomic E-state index is 13.0. The van der Waals surface area contributed by atoms with Gasteiger partial charge in [0.2, 0.25) is 5.91 Å². The summed E-state index contributed by atoms with van der Waals surface area (Å²) in [5.74, 6) is -1.25. The van der Waals surface area contributed by atoms with Gasteiger partial charge in [0, 0.05) is 13.0 Å². The van der Waals surface area contributed by atoms with Crippen molar-refractivity contribution in [2.75, 3.05) is 0 Å². The third kappa shape index (κ3) is 3.63. The van der Waals surface area contributed by atoms with Crippen molar-refractivity contribution in [2.24, 2.45) is 0 Å². The predicted octanol–water partition coefficient (Wildman–Crippen LogP) is 2.46. The molecule has 148 valence electrons. The van der Waals surface area contributed by atoms with Crippen molar-refractivity contribution < 1.29 is 14.7 Å². The Morgan fingerprint density at radius 1 is 1.07 bits per heavy atom. The second-order valence-electron chi connectivity index (χ2n) is 7.39. The number of rotatable bonds is 4. The zero-order chi connectivity index (χ0) is 20.5. The second kappa shape index (κ2) is 7.50. The molecule has 1 aliphatic heterocycles. The van der Waals surface area contributed by atoms with Gasteiger partial charge in [0.05, 0.1) is 23.5 Å². The summed E-state index contributed by atoms with van der Waals surface area (Å²) in [6.45, 7) is 4.16. The molecule has 1 amide bonds. The number of aromatic nitrogens is 3. The second-order valence-corrected chi connectivity index (χ2v) is 7.39. The molecule has 1 aliphatic rings. The highest BCUT2D eigenvalue weighted by atomic mass is 16.4. The molecule has 2 heterocycles. The minimum absolute atomic E-state index is 0.0175. The van der Waals surface area contributed by atoms with Crippen molar-refractivity contribution in [3.8, 4) is 5.69 Å². The monoisotopic (exact) mass is 390 g/mol. The number of amides is 1. The van der Waals surface area contributed by atoms with Crippen LogP contribution in [0, 0.1) is 13.8 Å². The van der Waals surface area contributed by atoms with E-state index in [4.69, 9.17) is 0 Å². The molecule has 29 heavy (non-hydrogen) atoms. The molecule has 0 aliphatic carbocycles. The highest BCUT2D eigenvalue weighted by Gasteiger charge is 2.34. The molecule has 3 aromatic rings. The van der Waals surface area contributed by atoms with Crippen molar-refractivity contribution in [1.29, 1.82) is 0 Å². The molecule has 0 radical (unpaired) electrons. The highest BCUT2D eigenvalue weighted by Crippen LogP contribution is 2.24. The number of carboxylic acids is 1. The average molecular weight is 390 g/mol. The summed E-state index contributed by atoms with van der Waals surface area (Å²) >= 11 is 0. The number of carbonyl (C=O) groups is 2. The third-order valence-electron chi connectivity index (χ3n) is 5.44. The SMILES string of the molecule is Cc1ccc(-n2nnc(CC(=O)N3Cc4ccccc4C[C@@H]3C(=O)O)c2C)cc1. The first-order chi connectivity index (χ1) is 13.9. The number of aryl methyl sites for hydroxylation is 1. The molecule has 0 spiro atoms. The van der Waals surface area contributed by atoms with Crippen molar-refractivity contribution in [2.45, 2.75) is 39.3 Å². The molecule has 7 nitrogen and oxygen atoms in total. The first-order valence-corrected chi connectivity index (χ1v) is 9.51. The molecule has 0 saturated carbocycles. The molecular weight excluding hydrogens is 368 g/mol. The number of aliphatic carboxylic acids is 1. The van der Waals surface area contributed by atoms with E-state index in [0.29, 0.717) is 12.1 Å². The van der Waals surface area contributed by atoms with Gasteiger partial charge in [-0.25, -0.2) is 9.48 Å². The zero-order valence-electron chi connectivity index (χ0n) is 16.4. The maximum Gasteiger partial charge on any atom is 0.326 e. The Bertz CT molecular complexity index is 1070. The number of nitrogens with zero attached hydrogens (tertiary/aromatic N) is 4. The Morgan fingerprint density at radius 2 is 1.76 bits per heavy atom. The number of carboxylic acid groups (broad SMARTS) is 1. The van der Waals surface area contributed by atoms with Crippen LogP contribution < -0.4 is 0 Å².